The average Bonchev–Trinajstić information content (AvgIpc) is 2.20. The van der Waals surface area contributed by atoms with E-state index in [-0.39, 0.29) is 6.54 Å². The first-order valence-corrected chi connectivity index (χ1v) is 7.38. The Morgan fingerprint density at radius 1 is 1.29 bits per heavy atom. The van der Waals surface area contributed by atoms with Gasteiger partial charge in [0.05, 0.1) is 0 Å². The van der Waals surface area contributed by atoms with Gasteiger partial charge in [0.15, 0.2) is 0 Å². The monoisotopic (exact) mass is 291 g/mol. The molecule has 0 saturated carbocycles. The fourth-order valence-electron chi connectivity index (χ4n) is 1.02. The van der Waals surface area contributed by atoms with Gasteiger partial charge in [0, 0.05) is 6.54 Å². The molecular weight excluding hydrogens is 278 g/mol. The number of aliphatic hydroxyl groups is 1. The van der Waals surface area contributed by atoms with Gasteiger partial charge in [-0.3, -0.25) is 5.32 Å². The number of unbranched alkanes of at least 4 members (excludes halogenated alkanes) is 1. The molecule has 1 heterocycles. The van der Waals surface area contributed by atoms with Crippen LogP contribution in [0, 0.1) is 0 Å². The second kappa shape index (κ2) is 5.14. The molecule has 0 spiro atoms. The van der Waals surface area contributed by atoms with E-state index in [1.54, 1.807) is 0 Å². The van der Waals surface area contributed by atoms with E-state index in [9.17, 15) is 21.9 Å². The van der Waals surface area contributed by atoms with Crippen molar-refractivity contribution in [2.45, 2.75) is 25.7 Å². The van der Waals surface area contributed by atoms with Crippen LogP contribution >= 0.6 is 0 Å². The first kappa shape index (κ1) is 14.8. The molecule has 0 bridgehead atoms. The Bertz CT molecular complexity index is 456. The zero-order valence-corrected chi connectivity index (χ0v) is 10.6. The summed E-state index contributed by atoms with van der Waals surface area (Å²) in [6, 6.07) is 0. The zero-order chi connectivity index (χ0) is 13.2. The van der Waals surface area contributed by atoms with Crippen LogP contribution in [0.5, 0.6) is 0 Å². The number of rotatable bonds is 4. The van der Waals surface area contributed by atoms with Gasteiger partial charge in [-0.1, -0.05) is 13.3 Å². The van der Waals surface area contributed by atoms with E-state index in [4.69, 9.17) is 0 Å². The Morgan fingerprint density at radius 3 is 2.53 bits per heavy atom. The molecule has 1 unspecified atom stereocenters. The van der Waals surface area contributed by atoms with Crippen LogP contribution in [0.3, 0.4) is 0 Å². The van der Waals surface area contributed by atoms with Crippen molar-refractivity contribution in [1.29, 1.82) is 0 Å². The summed E-state index contributed by atoms with van der Waals surface area (Å²) in [4.78, 5) is 0. The summed E-state index contributed by atoms with van der Waals surface area (Å²) in [7, 11) is -9.64. The van der Waals surface area contributed by atoms with Crippen molar-refractivity contribution in [2.24, 2.45) is 0 Å². The Morgan fingerprint density at radius 2 is 1.94 bits per heavy atom. The predicted octanol–water partition coefficient (Wildman–Crippen LogP) is -1.42. The summed E-state index contributed by atoms with van der Waals surface area (Å²) >= 11 is 0. The van der Waals surface area contributed by atoms with Crippen LogP contribution in [0.1, 0.15) is 19.8 Å². The molecule has 102 valence electrons. The lowest BCUT2D eigenvalue weighted by Crippen LogP contribution is -2.51. The first-order valence-electron chi connectivity index (χ1n) is 4.71. The van der Waals surface area contributed by atoms with E-state index < -0.39 is 33.3 Å². The first-order chi connectivity index (χ1) is 7.68. The maximum atomic E-state index is 11.0. The second-order valence-electron chi connectivity index (χ2n) is 3.29. The molecule has 0 amide bonds. The quantitative estimate of drug-likeness (QED) is 0.473. The van der Waals surface area contributed by atoms with Crippen LogP contribution in [-0.4, -0.2) is 41.0 Å². The van der Waals surface area contributed by atoms with Crippen molar-refractivity contribution >= 4 is 20.8 Å². The van der Waals surface area contributed by atoms with Crippen molar-refractivity contribution in [3.8, 4) is 0 Å². The lowest BCUT2D eigenvalue weighted by atomic mass is 10.3. The highest BCUT2D eigenvalue weighted by Gasteiger charge is 2.43. The fourth-order valence-corrected chi connectivity index (χ4v) is 2.86. The van der Waals surface area contributed by atoms with Crippen LogP contribution in [0.2, 0.25) is 0 Å². The molecule has 1 aliphatic rings. The van der Waals surface area contributed by atoms with Crippen LogP contribution in [0.4, 0.5) is 0 Å². The molecule has 0 aromatic rings. The predicted molar refractivity (Wildman–Crippen MR) is 53.8 cm³/mol. The Hall–Kier alpha value is -0.300. The van der Waals surface area contributed by atoms with Gasteiger partial charge < -0.3 is 5.11 Å². The lowest BCUT2D eigenvalue weighted by Gasteiger charge is -2.23. The fraction of sp³-hybridized carbons (Fsp3) is 1.00. The smallest absolute Gasteiger partial charge is 0.351 e. The van der Waals surface area contributed by atoms with Crippen molar-refractivity contribution in [3.63, 3.8) is 0 Å². The van der Waals surface area contributed by atoms with E-state index in [0.29, 0.717) is 6.42 Å². The summed E-state index contributed by atoms with van der Waals surface area (Å²) in [5.41, 5.74) is 0. The molecule has 9 nitrogen and oxygen atoms in total. The van der Waals surface area contributed by atoms with Gasteiger partial charge in [0.1, 0.15) is 6.61 Å². The van der Waals surface area contributed by atoms with Gasteiger partial charge >= 0.3 is 20.8 Å². The number of nitrogens with one attached hydrogen (secondary N) is 1. The average molecular weight is 291 g/mol. The van der Waals surface area contributed by atoms with Crippen molar-refractivity contribution in [2.75, 3.05) is 13.2 Å². The molecule has 11 heteroatoms. The molecule has 1 fully saturated rings. The van der Waals surface area contributed by atoms with E-state index in [2.05, 4.69) is 17.3 Å². The van der Waals surface area contributed by atoms with E-state index in [1.807, 2.05) is 6.92 Å². The number of hydrogen-bond acceptors (Lipinski definition) is 9. The minimum atomic E-state index is -4.90. The van der Waals surface area contributed by atoms with E-state index in [1.165, 1.54) is 0 Å². The summed E-state index contributed by atoms with van der Waals surface area (Å²) in [6.45, 7) is 1.16. The maximum absolute atomic E-state index is 11.0. The van der Waals surface area contributed by atoms with Crippen LogP contribution in [-0.2, 0) is 32.8 Å². The molecule has 1 saturated heterocycles. The Balaban J connectivity index is 2.81. The molecular formula is C6H13NO8S2. The molecule has 2 N–H and O–H groups in total. The van der Waals surface area contributed by atoms with E-state index in [0.717, 1.165) is 6.42 Å². The maximum Gasteiger partial charge on any atom is 0.420 e. The largest absolute Gasteiger partial charge is 0.420 e. The van der Waals surface area contributed by atoms with Crippen molar-refractivity contribution in [3.05, 3.63) is 0 Å². The molecule has 17 heavy (non-hydrogen) atoms. The second-order valence-corrected chi connectivity index (χ2v) is 5.87. The van der Waals surface area contributed by atoms with Gasteiger partial charge in [-0.15, -0.1) is 3.63 Å². The SMILES string of the molecule is CCCCNC1(O)COS(=O)(=O)OS(=O)(=O)O1. The van der Waals surface area contributed by atoms with E-state index >= 15 is 0 Å². The lowest BCUT2D eigenvalue weighted by molar-refractivity contribution is -0.177. The summed E-state index contributed by atoms with van der Waals surface area (Å²) < 4.78 is 55.6. The van der Waals surface area contributed by atoms with Gasteiger partial charge in [0.25, 0.3) is 5.91 Å². The molecule has 1 rings (SSSR count). The molecule has 1 atom stereocenters. The molecule has 0 radical (unpaired) electrons. The van der Waals surface area contributed by atoms with Crippen LogP contribution in [0.15, 0.2) is 0 Å². The Kier molecular flexibility index (Phi) is 4.46. The molecule has 0 aromatic heterocycles. The normalized spacial score (nSPS) is 31.9. The molecule has 1 aliphatic heterocycles. The minimum absolute atomic E-state index is 0.214. The summed E-state index contributed by atoms with van der Waals surface area (Å²) in [6.07, 6.45) is 1.41. The van der Waals surface area contributed by atoms with Gasteiger partial charge in [0.2, 0.25) is 0 Å². The number of hydrogen-bond donors (Lipinski definition) is 2. The van der Waals surface area contributed by atoms with Crippen LogP contribution in [0.25, 0.3) is 0 Å². The van der Waals surface area contributed by atoms with Crippen molar-refractivity contribution < 1.29 is 33.9 Å². The minimum Gasteiger partial charge on any atom is -0.351 e. The van der Waals surface area contributed by atoms with Gasteiger partial charge in [-0.25, -0.2) is 4.18 Å². The third-order valence-electron chi connectivity index (χ3n) is 1.74. The standard InChI is InChI=1S/C6H13NO8S2/c1-2-3-4-7-6(8)5-13-16(9,10)15-17(11,12)14-6/h7-8H,2-5H2,1H3. The third kappa shape index (κ3) is 4.83. The highest BCUT2D eigenvalue weighted by molar-refractivity contribution is 7.95. The summed E-state index contributed by atoms with van der Waals surface area (Å²) in [5.74, 6) is -2.46. The molecule has 0 aromatic carbocycles. The van der Waals surface area contributed by atoms with Crippen molar-refractivity contribution in [1.82, 2.24) is 5.32 Å². The highest BCUT2D eigenvalue weighted by Crippen LogP contribution is 2.19. The Labute approximate surface area is 99.3 Å². The zero-order valence-electron chi connectivity index (χ0n) is 8.95. The van der Waals surface area contributed by atoms with Gasteiger partial charge in [-0.05, 0) is 6.42 Å². The van der Waals surface area contributed by atoms with Crippen LogP contribution < -0.4 is 5.32 Å². The topological polar surface area (TPSA) is 128 Å². The van der Waals surface area contributed by atoms with Gasteiger partial charge in [-0.2, -0.15) is 21.0 Å². The highest BCUT2D eigenvalue weighted by atomic mass is 32.3. The third-order valence-corrected chi connectivity index (χ3v) is 3.96. The molecule has 0 aliphatic carbocycles. The summed E-state index contributed by atoms with van der Waals surface area (Å²) in [5, 5.41) is 12.0.